The van der Waals surface area contributed by atoms with E-state index in [1.807, 2.05) is 11.0 Å². The molecule has 9 heteroatoms. The fourth-order valence-electron chi connectivity index (χ4n) is 4.65. The van der Waals surface area contributed by atoms with Gasteiger partial charge in [-0.3, -0.25) is 4.79 Å². The number of thiophene rings is 1. The molecule has 2 aromatic heterocycles. The Morgan fingerprint density at radius 3 is 3.03 bits per heavy atom. The molecule has 0 bridgehead atoms. The van der Waals surface area contributed by atoms with Crippen LogP contribution in [0.5, 0.6) is 11.6 Å². The lowest BCUT2D eigenvalue weighted by Crippen LogP contribution is -2.32. The third-order valence-corrected chi connectivity index (χ3v) is 7.51. The zero-order valence-electron chi connectivity index (χ0n) is 16.1. The molecule has 1 saturated carbocycles. The lowest BCUT2D eigenvalue weighted by molar-refractivity contribution is 0.0763. The van der Waals surface area contributed by atoms with Crippen molar-refractivity contribution in [3.8, 4) is 11.6 Å². The molecule has 0 aromatic carbocycles. The molecule has 0 N–H and O–H groups in total. The third kappa shape index (κ3) is 3.58. The van der Waals surface area contributed by atoms with Gasteiger partial charge in [0.2, 0.25) is 0 Å². The number of halogens is 1. The van der Waals surface area contributed by atoms with E-state index in [0.29, 0.717) is 36.6 Å². The average Bonchev–Trinajstić information content (AvgIpc) is 3.43. The number of methoxy groups -OCH3 is 1. The number of hydrogen-bond acceptors (Lipinski definition) is 7. The summed E-state index contributed by atoms with van der Waals surface area (Å²) in [5.74, 6) is 1.71. The summed E-state index contributed by atoms with van der Waals surface area (Å²) in [4.78, 5) is 17.2. The van der Waals surface area contributed by atoms with Crippen molar-refractivity contribution in [3.05, 3.63) is 32.6 Å². The molecule has 3 aliphatic rings. The number of hydrogen-bond donors (Lipinski definition) is 0. The first kappa shape index (κ1) is 19.1. The van der Waals surface area contributed by atoms with E-state index in [2.05, 4.69) is 10.2 Å². The van der Waals surface area contributed by atoms with E-state index in [4.69, 9.17) is 25.8 Å². The lowest BCUT2D eigenvalue weighted by atomic mass is 9.99. The van der Waals surface area contributed by atoms with Crippen LogP contribution in [0.1, 0.15) is 33.0 Å². The van der Waals surface area contributed by atoms with Gasteiger partial charge in [-0.15, -0.1) is 21.5 Å². The molecule has 29 heavy (non-hydrogen) atoms. The highest BCUT2D eigenvalue weighted by Crippen LogP contribution is 2.42. The summed E-state index contributed by atoms with van der Waals surface area (Å²) in [6.07, 6.45) is 2.87. The summed E-state index contributed by atoms with van der Waals surface area (Å²) in [6, 6.07) is 3.61. The van der Waals surface area contributed by atoms with Crippen molar-refractivity contribution >= 4 is 28.8 Å². The first-order valence-corrected chi connectivity index (χ1v) is 11.0. The van der Waals surface area contributed by atoms with Crippen LogP contribution in [-0.4, -0.2) is 53.9 Å². The summed E-state index contributed by atoms with van der Waals surface area (Å²) >= 11 is 7.51. The van der Waals surface area contributed by atoms with Gasteiger partial charge in [0.25, 0.3) is 11.8 Å². The van der Waals surface area contributed by atoms with Crippen LogP contribution in [0.2, 0.25) is 5.15 Å². The van der Waals surface area contributed by atoms with Gasteiger partial charge in [-0.2, -0.15) is 0 Å². The van der Waals surface area contributed by atoms with Crippen LogP contribution in [0.4, 0.5) is 0 Å². The monoisotopic (exact) mass is 435 g/mol. The van der Waals surface area contributed by atoms with Crippen LogP contribution in [0, 0.1) is 11.8 Å². The van der Waals surface area contributed by atoms with E-state index in [-0.39, 0.29) is 17.2 Å². The third-order valence-electron chi connectivity index (χ3n) is 6.10. The van der Waals surface area contributed by atoms with Crippen molar-refractivity contribution in [2.75, 3.05) is 26.8 Å². The molecule has 1 amide bonds. The number of rotatable bonds is 4. The highest BCUT2D eigenvalue weighted by Gasteiger charge is 2.46. The zero-order chi connectivity index (χ0) is 20.0. The molecular formula is C20H22ClN3O4S. The Hall–Kier alpha value is -1.90. The van der Waals surface area contributed by atoms with Crippen molar-refractivity contribution < 1.29 is 19.0 Å². The van der Waals surface area contributed by atoms with Crippen molar-refractivity contribution in [2.24, 2.45) is 11.8 Å². The van der Waals surface area contributed by atoms with Crippen LogP contribution < -0.4 is 9.47 Å². The zero-order valence-corrected chi connectivity index (χ0v) is 17.7. The minimum absolute atomic E-state index is 0.00730. The van der Waals surface area contributed by atoms with E-state index in [0.717, 1.165) is 37.3 Å². The maximum atomic E-state index is 13.1. The molecule has 0 spiro atoms. The molecule has 7 nitrogen and oxygen atoms in total. The molecule has 1 saturated heterocycles. The normalized spacial score (nSPS) is 25.6. The quantitative estimate of drug-likeness (QED) is 0.734. The second-order valence-corrected chi connectivity index (χ2v) is 9.29. The first-order chi connectivity index (χ1) is 14.1. The van der Waals surface area contributed by atoms with Crippen LogP contribution in [-0.2, 0) is 17.8 Å². The molecule has 0 unspecified atom stereocenters. The van der Waals surface area contributed by atoms with Crippen molar-refractivity contribution in [2.45, 2.75) is 32.0 Å². The van der Waals surface area contributed by atoms with Gasteiger partial charge >= 0.3 is 0 Å². The predicted octanol–water partition coefficient (Wildman–Crippen LogP) is 3.20. The number of carbonyl (C=O) groups excluding carboxylic acids is 1. The molecule has 5 rings (SSSR count). The van der Waals surface area contributed by atoms with Crippen molar-refractivity contribution in [3.63, 3.8) is 0 Å². The Labute approximate surface area is 177 Å². The molecule has 3 atom stereocenters. The van der Waals surface area contributed by atoms with Gasteiger partial charge in [-0.25, -0.2) is 0 Å². The van der Waals surface area contributed by atoms with E-state index in [1.165, 1.54) is 10.4 Å². The number of likely N-dealkylation sites (tertiary alicyclic amines) is 1. The minimum Gasteiger partial charge on any atom is -0.491 e. The number of carbonyl (C=O) groups is 1. The Bertz CT molecular complexity index is 913. The summed E-state index contributed by atoms with van der Waals surface area (Å²) < 4.78 is 17.0. The van der Waals surface area contributed by atoms with Crippen molar-refractivity contribution in [1.82, 2.24) is 15.1 Å². The molecule has 2 fully saturated rings. The first-order valence-electron chi connectivity index (χ1n) is 9.85. The fourth-order valence-corrected chi connectivity index (χ4v) is 5.90. The van der Waals surface area contributed by atoms with Gasteiger partial charge in [0.05, 0.1) is 25.2 Å². The largest absolute Gasteiger partial charge is 0.491 e. The van der Waals surface area contributed by atoms with E-state index in [1.54, 1.807) is 24.5 Å². The van der Waals surface area contributed by atoms with E-state index >= 15 is 0 Å². The smallest absolute Gasteiger partial charge is 0.276 e. The van der Waals surface area contributed by atoms with E-state index in [9.17, 15) is 4.79 Å². The van der Waals surface area contributed by atoms with E-state index < -0.39 is 0 Å². The van der Waals surface area contributed by atoms with Gasteiger partial charge < -0.3 is 19.1 Å². The standard InChI is InChI=1S/C20H22ClN3O4S/c1-26-15-7-18(21)22-23-19(15)28-14-3-2-11-8-24(9-13(11)14)20(25)17-6-12-10-27-5-4-16(12)29-17/h6-7,11,13-14H,2-5,8-10H2,1H3/t11-,13+,14+/m0/s1. The van der Waals surface area contributed by atoms with Crippen molar-refractivity contribution in [1.29, 1.82) is 0 Å². The number of nitrogens with zero attached hydrogens (tertiary/aromatic N) is 3. The highest BCUT2D eigenvalue weighted by molar-refractivity contribution is 7.14. The maximum absolute atomic E-state index is 13.1. The Morgan fingerprint density at radius 2 is 2.21 bits per heavy atom. The Morgan fingerprint density at radius 1 is 1.31 bits per heavy atom. The molecule has 154 valence electrons. The molecule has 4 heterocycles. The number of ether oxygens (including phenoxy) is 3. The number of aromatic nitrogens is 2. The fraction of sp³-hybridized carbons (Fsp3) is 0.550. The Kier molecular flexibility index (Phi) is 5.09. The molecule has 2 aliphatic heterocycles. The van der Waals surface area contributed by atoms with Crippen LogP contribution in [0.15, 0.2) is 12.1 Å². The van der Waals surface area contributed by atoms with Gasteiger partial charge in [-0.05, 0) is 30.4 Å². The Balaban J connectivity index is 1.28. The predicted molar refractivity (Wildman–Crippen MR) is 108 cm³/mol. The minimum atomic E-state index is -0.00730. The lowest BCUT2D eigenvalue weighted by Gasteiger charge is -2.21. The summed E-state index contributed by atoms with van der Waals surface area (Å²) in [5.41, 5.74) is 1.17. The van der Waals surface area contributed by atoms with Gasteiger partial charge in [-0.1, -0.05) is 11.6 Å². The molecule has 2 aromatic rings. The summed E-state index contributed by atoms with van der Waals surface area (Å²) in [7, 11) is 1.55. The van der Waals surface area contributed by atoms with Crippen LogP contribution in [0.3, 0.4) is 0 Å². The highest BCUT2D eigenvalue weighted by atomic mass is 35.5. The van der Waals surface area contributed by atoms with Crippen LogP contribution >= 0.6 is 22.9 Å². The summed E-state index contributed by atoms with van der Waals surface area (Å²) in [6.45, 7) is 2.84. The topological polar surface area (TPSA) is 73.8 Å². The van der Waals surface area contributed by atoms with Gasteiger partial charge in [0, 0.05) is 36.4 Å². The maximum Gasteiger partial charge on any atom is 0.276 e. The number of amides is 1. The van der Waals surface area contributed by atoms with Gasteiger partial charge in [0.15, 0.2) is 10.9 Å². The average molecular weight is 436 g/mol. The van der Waals surface area contributed by atoms with Gasteiger partial charge in [0.1, 0.15) is 6.10 Å². The molecule has 0 radical (unpaired) electrons. The second kappa shape index (κ2) is 7.74. The number of fused-ring (bicyclic) bond motifs is 2. The molecule has 1 aliphatic carbocycles. The van der Waals surface area contributed by atoms with Crippen LogP contribution in [0.25, 0.3) is 0 Å². The second-order valence-electron chi connectivity index (χ2n) is 7.77. The SMILES string of the molecule is COc1cc(Cl)nnc1O[C@@H]1CC[C@H]2CN(C(=O)c3cc4c(s3)CCOC4)C[C@H]21. The summed E-state index contributed by atoms with van der Waals surface area (Å²) in [5, 5.41) is 8.18. The molecular weight excluding hydrogens is 414 g/mol.